The number of nitrogens with zero attached hydrogens (tertiary/aromatic N) is 1. The van der Waals surface area contributed by atoms with E-state index in [1.807, 2.05) is 6.07 Å². The Morgan fingerprint density at radius 2 is 1.65 bits per heavy atom. The van der Waals surface area contributed by atoms with E-state index in [9.17, 15) is 16.8 Å². The molecule has 0 saturated heterocycles. The van der Waals surface area contributed by atoms with E-state index in [-0.39, 0.29) is 21.9 Å². The van der Waals surface area contributed by atoms with Gasteiger partial charge in [-0.15, -0.1) is 0 Å². The summed E-state index contributed by atoms with van der Waals surface area (Å²) in [6, 6.07) is 13.5. The molecule has 2 aromatic carbocycles. The van der Waals surface area contributed by atoms with Crippen molar-refractivity contribution >= 4 is 19.9 Å². The highest BCUT2D eigenvalue weighted by molar-refractivity contribution is 7.90. The van der Waals surface area contributed by atoms with Gasteiger partial charge in [0.25, 0.3) is 0 Å². The fourth-order valence-corrected chi connectivity index (χ4v) is 3.54. The van der Waals surface area contributed by atoms with E-state index in [4.69, 9.17) is 5.26 Å². The van der Waals surface area contributed by atoms with Crippen LogP contribution in [0.5, 0.6) is 0 Å². The Morgan fingerprint density at radius 3 is 2.22 bits per heavy atom. The zero-order chi connectivity index (χ0) is 17.1. The van der Waals surface area contributed by atoms with E-state index in [0.29, 0.717) is 5.56 Å². The van der Waals surface area contributed by atoms with Crippen LogP contribution in [-0.4, -0.2) is 23.1 Å². The lowest BCUT2D eigenvalue weighted by atomic mass is 10.2. The Bertz CT molecular complexity index is 957. The van der Waals surface area contributed by atoms with E-state index in [0.717, 1.165) is 6.26 Å². The average molecular weight is 350 g/mol. The van der Waals surface area contributed by atoms with Crippen molar-refractivity contribution in [2.75, 3.05) is 6.26 Å². The normalized spacial score (nSPS) is 11.8. The van der Waals surface area contributed by atoms with Crippen LogP contribution < -0.4 is 4.72 Å². The van der Waals surface area contributed by atoms with Gasteiger partial charge in [-0.1, -0.05) is 18.2 Å². The molecule has 2 aromatic rings. The summed E-state index contributed by atoms with van der Waals surface area (Å²) in [4.78, 5) is 0.176. The number of benzene rings is 2. The predicted molar refractivity (Wildman–Crippen MR) is 84.7 cm³/mol. The molecule has 0 radical (unpaired) electrons. The van der Waals surface area contributed by atoms with Crippen molar-refractivity contribution in [3.8, 4) is 6.07 Å². The summed E-state index contributed by atoms with van der Waals surface area (Å²) >= 11 is 0. The molecular weight excluding hydrogens is 336 g/mol. The van der Waals surface area contributed by atoms with Gasteiger partial charge in [-0.25, -0.2) is 21.6 Å². The van der Waals surface area contributed by atoms with Crippen molar-refractivity contribution in [3.05, 3.63) is 59.7 Å². The van der Waals surface area contributed by atoms with E-state index in [1.165, 1.54) is 36.4 Å². The zero-order valence-corrected chi connectivity index (χ0v) is 13.9. The van der Waals surface area contributed by atoms with Gasteiger partial charge in [-0.2, -0.15) is 5.26 Å². The summed E-state index contributed by atoms with van der Waals surface area (Å²) in [6.45, 7) is 0.0170. The van der Waals surface area contributed by atoms with E-state index < -0.39 is 19.9 Å². The summed E-state index contributed by atoms with van der Waals surface area (Å²) in [5, 5.41) is 8.81. The van der Waals surface area contributed by atoms with Crippen molar-refractivity contribution < 1.29 is 16.8 Å². The molecule has 0 aliphatic rings. The van der Waals surface area contributed by atoms with Gasteiger partial charge in [-0.3, -0.25) is 0 Å². The third-order valence-corrected chi connectivity index (χ3v) is 5.62. The highest BCUT2D eigenvalue weighted by Gasteiger charge is 2.14. The monoisotopic (exact) mass is 350 g/mol. The summed E-state index contributed by atoms with van der Waals surface area (Å²) in [7, 11) is -7.03. The van der Waals surface area contributed by atoms with Crippen LogP contribution in [0.4, 0.5) is 0 Å². The standard InChI is InChI=1S/C15H14N2O4S2/c1-22(18,19)14-7-5-12(6-8-14)11-17-23(20,21)15-4-2-3-13(9-15)10-16/h2-9,17H,11H2,1H3. The molecule has 8 heteroatoms. The molecule has 6 nitrogen and oxygen atoms in total. The van der Waals surface area contributed by atoms with Crippen molar-refractivity contribution in [2.45, 2.75) is 16.3 Å². The van der Waals surface area contributed by atoms with Crippen LogP contribution in [0.2, 0.25) is 0 Å². The van der Waals surface area contributed by atoms with Gasteiger partial charge >= 0.3 is 0 Å². The van der Waals surface area contributed by atoms with Crippen molar-refractivity contribution in [1.82, 2.24) is 4.72 Å². The third kappa shape index (κ3) is 4.39. The Balaban J connectivity index is 2.15. The van der Waals surface area contributed by atoms with Gasteiger partial charge in [0.15, 0.2) is 9.84 Å². The molecule has 0 aromatic heterocycles. The van der Waals surface area contributed by atoms with Crippen LogP contribution in [0.1, 0.15) is 11.1 Å². The van der Waals surface area contributed by atoms with E-state index >= 15 is 0 Å². The SMILES string of the molecule is CS(=O)(=O)c1ccc(CNS(=O)(=O)c2cccc(C#N)c2)cc1. The minimum Gasteiger partial charge on any atom is -0.224 e. The molecule has 1 N–H and O–H groups in total. The van der Waals surface area contributed by atoms with E-state index in [1.54, 1.807) is 12.1 Å². The molecule has 120 valence electrons. The maximum absolute atomic E-state index is 12.2. The first-order valence-corrected chi connectivity index (χ1v) is 9.89. The number of rotatable bonds is 5. The molecule has 0 amide bonds. The highest BCUT2D eigenvalue weighted by atomic mass is 32.2. The molecule has 0 aliphatic heterocycles. The van der Waals surface area contributed by atoms with Crippen LogP contribution in [0.15, 0.2) is 58.3 Å². The largest absolute Gasteiger partial charge is 0.240 e. The second kappa shape index (κ2) is 6.50. The molecular formula is C15H14N2O4S2. The molecule has 0 spiro atoms. The summed E-state index contributed by atoms with van der Waals surface area (Å²) in [5.74, 6) is 0. The molecule has 23 heavy (non-hydrogen) atoms. The minimum absolute atomic E-state index is 0.00399. The number of nitriles is 1. The van der Waals surface area contributed by atoms with Gasteiger partial charge in [-0.05, 0) is 35.9 Å². The number of nitrogens with one attached hydrogen (secondary N) is 1. The van der Waals surface area contributed by atoms with Gasteiger partial charge < -0.3 is 0 Å². The summed E-state index contributed by atoms with van der Waals surface area (Å²) < 4.78 is 49.5. The lowest BCUT2D eigenvalue weighted by Crippen LogP contribution is -2.23. The fraction of sp³-hybridized carbons (Fsp3) is 0.133. The van der Waals surface area contributed by atoms with Crippen LogP contribution in [0, 0.1) is 11.3 Å². The summed E-state index contributed by atoms with van der Waals surface area (Å²) in [6.07, 6.45) is 1.10. The second-order valence-electron chi connectivity index (χ2n) is 4.88. The first kappa shape index (κ1) is 17.1. The maximum atomic E-state index is 12.2. The topological polar surface area (TPSA) is 104 Å². The highest BCUT2D eigenvalue weighted by Crippen LogP contribution is 2.13. The zero-order valence-electron chi connectivity index (χ0n) is 12.2. The number of sulfonamides is 1. The van der Waals surface area contributed by atoms with Crippen molar-refractivity contribution in [1.29, 1.82) is 5.26 Å². The van der Waals surface area contributed by atoms with E-state index in [2.05, 4.69) is 4.72 Å². The molecule has 0 unspecified atom stereocenters. The summed E-state index contributed by atoms with van der Waals surface area (Å²) in [5.41, 5.74) is 0.878. The van der Waals surface area contributed by atoms with Gasteiger partial charge in [0.2, 0.25) is 10.0 Å². The Kier molecular flexibility index (Phi) is 4.85. The van der Waals surface area contributed by atoms with Crippen LogP contribution in [-0.2, 0) is 26.4 Å². The molecule has 0 atom stereocenters. The first-order chi connectivity index (χ1) is 10.7. The quantitative estimate of drug-likeness (QED) is 0.878. The van der Waals surface area contributed by atoms with Gasteiger partial charge in [0.05, 0.1) is 21.4 Å². The van der Waals surface area contributed by atoms with Gasteiger partial charge in [0, 0.05) is 12.8 Å². The van der Waals surface area contributed by atoms with Crippen LogP contribution in [0.25, 0.3) is 0 Å². The maximum Gasteiger partial charge on any atom is 0.240 e. The second-order valence-corrected chi connectivity index (χ2v) is 8.66. The van der Waals surface area contributed by atoms with Crippen LogP contribution in [0.3, 0.4) is 0 Å². The molecule has 2 rings (SSSR count). The Hall–Kier alpha value is -2.21. The minimum atomic E-state index is -3.75. The van der Waals surface area contributed by atoms with Crippen molar-refractivity contribution in [3.63, 3.8) is 0 Å². The Labute approximate surface area is 135 Å². The smallest absolute Gasteiger partial charge is 0.224 e. The third-order valence-electron chi connectivity index (χ3n) is 3.09. The lowest BCUT2D eigenvalue weighted by Gasteiger charge is -2.07. The molecule has 0 aliphatic carbocycles. The van der Waals surface area contributed by atoms with Crippen LogP contribution >= 0.6 is 0 Å². The molecule has 0 bridgehead atoms. The average Bonchev–Trinajstić information content (AvgIpc) is 2.52. The predicted octanol–water partition coefficient (Wildman–Crippen LogP) is 1.44. The van der Waals surface area contributed by atoms with Crippen molar-refractivity contribution in [2.24, 2.45) is 0 Å². The fourth-order valence-electron chi connectivity index (χ4n) is 1.85. The molecule has 0 heterocycles. The molecule has 0 saturated carbocycles. The Morgan fingerprint density at radius 1 is 1.00 bits per heavy atom. The number of sulfone groups is 1. The number of hydrogen-bond acceptors (Lipinski definition) is 5. The number of hydrogen-bond donors (Lipinski definition) is 1. The van der Waals surface area contributed by atoms with Gasteiger partial charge in [0.1, 0.15) is 0 Å². The lowest BCUT2D eigenvalue weighted by molar-refractivity contribution is 0.581. The first-order valence-electron chi connectivity index (χ1n) is 6.51. The molecule has 0 fully saturated rings.